The van der Waals surface area contributed by atoms with Crippen LogP contribution in [0, 0.1) is 6.92 Å². The average Bonchev–Trinajstić information content (AvgIpc) is 2.82. The zero-order chi connectivity index (χ0) is 14.5. The van der Waals surface area contributed by atoms with Gasteiger partial charge >= 0.3 is 5.97 Å². The number of ether oxygens (including phenoxy) is 1. The molecule has 0 radical (unpaired) electrons. The molecule has 2 heterocycles. The predicted molar refractivity (Wildman–Crippen MR) is 79.2 cm³/mol. The molecule has 2 aromatic rings. The second kappa shape index (κ2) is 6.47. The van der Waals surface area contributed by atoms with Crippen molar-refractivity contribution in [2.24, 2.45) is 0 Å². The third-order valence-electron chi connectivity index (χ3n) is 2.72. The van der Waals surface area contributed by atoms with Gasteiger partial charge in [0.05, 0.1) is 6.61 Å². The Bertz CT molecular complexity index is 583. The number of anilines is 1. The van der Waals surface area contributed by atoms with Crippen LogP contribution in [0.5, 0.6) is 0 Å². The van der Waals surface area contributed by atoms with Gasteiger partial charge in [0, 0.05) is 30.9 Å². The molecule has 0 spiro atoms. The molecule has 0 N–H and O–H groups in total. The predicted octanol–water partition coefficient (Wildman–Crippen LogP) is 2.66. The number of rotatable bonds is 5. The smallest absolute Gasteiger partial charge is 0.358 e. The summed E-state index contributed by atoms with van der Waals surface area (Å²) < 4.78 is 5.00. The zero-order valence-electron chi connectivity index (χ0n) is 11.8. The Hall–Kier alpha value is -1.95. The molecular formula is C14H17N3O2S. The quantitative estimate of drug-likeness (QED) is 0.793. The maximum Gasteiger partial charge on any atom is 0.358 e. The fourth-order valence-corrected chi connectivity index (χ4v) is 2.62. The number of carbonyl (C=O) groups excluding carboxylic acids is 1. The summed E-state index contributed by atoms with van der Waals surface area (Å²) in [6.07, 6.45) is 3.57. The van der Waals surface area contributed by atoms with Crippen molar-refractivity contribution in [2.75, 3.05) is 18.6 Å². The van der Waals surface area contributed by atoms with Crippen molar-refractivity contribution in [3.8, 4) is 0 Å². The molecule has 0 aliphatic heterocycles. The fourth-order valence-electron chi connectivity index (χ4n) is 1.77. The van der Waals surface area contributed by atoms with Crippen LogP contribution in [0.25, 0.3) is 0 Å². The maximum atomic E-state index is 11.8. The first-order chi connectivity index (χ1) is 9.61. The van der Waals surface area contributed by atoms with Gasteiger partial charge in [-0.25, -0.2) is 9.78 Å². The van der Waals surface area contributed by atoms with Crippen LogP contribution in [0.15, 0.2) is 24.5 Å². The summed E-state index contributed by atoms with van der Waals surface area (Å²) in [7, 11) is 1.94. The molecule has 0 unspecified atom stereocenters. The SMILES string of the molecule is CCOC(=O)c1nc(N(C)Cc2cccnc2)sc1C. The zero-order valence-corrected chi connectivity index (χ0v) is 12.6. The lowest BCUT2D eigenvalue weighted by Crippen LogP contribution is -2.16. The Morgan fingerprint density at radius 2 is 2.30 bits per heavy atom. The van der Waals surface area contributed by atoms with Gasteiger partial charge < -0.3 is 9.64 Å². The van der Waals surface area contributed by atoms with Gasteiger partial charge in [-0.3, -0.25) is 4.98 Å². The molecule has 0 fully saturated rings. The minimum Gasteiger partial charge on any atom is -0.461 e. The van der Waals surface area contributed by atoms with Gasteiger partial charge in [0.25, 0.3) is 0 Å². The lowest BCUT2D eigenvalue weighted by Gasteiger charge is -2.15. The van der Waals surface area contributed by atoms with Crippen LogP contribution < -0.4 is 4.90 Å². The summed E-state index contributed by atoms with van der Waals surface area (Å²) in [5.41, 5.74) is 1.51. The van der Waals surface area contributed by atoms with Crippen molar-refractivity contribution in [3.05, 3.63) is 40.7 Å². The Labute approximate surface area is 122 Å². The van der Waals surface area contributed by atoms with Crippen LogP contribution in [0.4, 0.5) is 5.13 Å². The maximum absolute atomic E-state index is 11.8. The van der Waals surface area contributed by atoms with E-state index in [4.69, 9.17) is 4.74 Å². The molecule has 6 heteroatoms. The lowest BCUT2D eigenvalue weighted by atomic mass is 10.3. The standard InChI is InChI=1S/C14H17N3O2S/c1-4-19-13(18)12-10(2)20-14(16-12)17(3)9-11-6-5-7-15-8-11/h5-8H,4,9H2,1-3H3. The van der Waals surface area contributed by atoms with E-state index in [1.54, 1.807) is 13.1 Å². The number of thiazole rings is 1. The highest BCUT2D eigenvalue weighted by Gasteiger charge is 2.18. The summed E-state index contributed by atoms with van der Waals surface area (Å²) in [5, 5.41) is 0.800. The molecule has 0 amide bonds. The third-order valence-corrected chi connectivity index (χ3v) is 3.81. The minimum atomic E-state index is -0.359. The van der Waals surface area contributed by atoms with Crippen molar-refractivity contribution < 1.29 is 9.53 Å². The fraction of sp³-hybridized carbons (Fsp3) is 0.357. The number of hydrogen-bond donors (Lipinski definition) is 0. The third kappa shape index (κ3) is 3.33. The van der Waals surface area contributed by atoms with E-state index in [1.807, 2.05) is 37.2 Å². The summed E-state index contributed by atoms with van der Waals surface area (Å²) in [6, 6.07) is 3.91. The Morgan fingerprint density at radius 3 is 2.95 bits per heavy atom. The number of hydrogen-bond acceptors (Lipinski definition) is 6. The van der Waals surface area contributed by atoms with Gasteiger partial charge in [-0.2, -0.15) is 0 Å². The van der Waals surface area contributed by atoms with Gasteiger partial charge in [0.2, 0.25) is 0 Å². The van der Waals surface area contributed by atoms with Gasteiger partial charge in [0.15, 0.2) is 10.8 Å². The second-order valence-corrected chi connectivity index (χ2v) is 5.52. The molecule has 0 atom stereocenters. The molecule has 0 aliphatic rings. The van der Waals surface area contributed by atoms with E-state index in [-0.39, 0.29) is 5.97 Å². The largest absolute Gasteiger partial charge is 0.461 e. The lowest BCUT2D eigenvalue weighted by molar-refractivity contribution is 0.0519. The molecule has 20 heavy (non-hydrogen) atoms. The highest BCUT2D eigenvalue weighted by atomic mass is 32.1. The van der Waals surface area contributed by atoms with Crippen molar-refractivity contribution in [1.82, 2.24) is 9.97 Å². The summed E-state index contributed by atoms with van der Waals surface area (Å²) in [4.78, 5) is 23.1. The van der Waals surface area contributed by atoms with Crippen molar-refractivity contribution >= 4 is 22.4 Å². The van der Waals surface area contributed by atoms with E-state index < -0.39 is 0 Å². The van der Waals surface area contributed by atoms with E-state index in [9.17, 15) is 4.79 Å². The number of carbonyl (C=O) groups is 1. The summed E-state index contributed by atoms with van der Waals surface area (Å²) in [6.45, 7) is 4.72. The number of pyridine rings is 1. The first kappa shape index (κ1) is 14.5. The molecular weight excluding hydrogens is 274 g/mol. The van der Waals surface area contributed by atoms with Crippen LogP contribution >= 0.6 is 11.3 Å². The van der Waals surface area contributed by atoms with Crippen molar-refractivity contribution in [2.45, 2.75) is 20.4 Å². The van der Waals surface area contributed by atoms with E-state index in [0.717, 1.165) is 15.6 Å². The van der Waals surface area contributed by atoms with Crippen molar-refractivity contribution in [3.63, 3.8) is 0 Å². The molecule has 106 valence electrons. The second-order valence-electron chi connectivity index (χ2n) is 4.34. The van der Waals surface area contributed by atoms with Crippen LogP contribution in [-0.4, -0.2) is 29.6 Å². The average molecular weight is 291 g/mol. The highest BCUT2D eigenvalue weighted by molar-refractivity contribution is 7.15. The topological polar surface area (TPSA) is 55.3 Å². The summed E-state index contributed by atoms with van der Waals surface area (Å²) >= 11 is 1.49. The molecule has 0 aromatic carbocycles. The highest BCUT2D eigenvalue weighted by Crippen LogP contribution is 2.26. The van der Waals surface area contributed by atoms with Crippen molar-refractivity contribution in [1.29, 1.82) is 0 Å². The molecule has 0 saturated heterocycles. The van der Waals surface area contributed by atoms with E-state index in [2.05, 4.69) is 9.97 Å². The number of aryl methyl sites for hydroxylation is 1. The normalized spacial score (nSPS) is 10.3. The monoisotopic (exact) mass is 291 g/mol. The molecule has 5 nitrogen and oxygen atoms in total. The van der Waals surface area contributed by atoms with Gasteiger partial charge in [-0.1, -0.05) is 6.07 Å². The molecule has 2 rings (SSSR count). The van der Waals surface area contributed by atoms with E-state index in [0.29, 0.717) is 18.8 Å². The molecule has 0 saturated carbocycles. The van der Waals surface area contributed by atoms with Gasteiger partial charge in [0.1, 0.15) is 0 Å². The first-order valence-electron chi connectivity index (χ1n) is 6.36. The van der Waals surface area contributed by atoms with Crippen LogP contribution in [0.3, 0.4) is 0 Å². The van der Waals surface area contributed by atoms with E-state index in [1.165, 1.54) is 11.3 Å². The minimum absolute atomic E-state index is 0.358. The van der Waals surface area contributed by atoms with Gasteiger partial charge in [-0.05, 0) is 25.5 Å². The number of esters is 1. The Balaban J connectivity index is 2.13. The number of aromatic nitrogens is 2. The van der Waals surface area contributed by atoms with Crippen LogP contribution in [0.2, 0.25) is 0 Å². The number of nitrogens with zero attached hydrogens (tertiary/aromatic N) is 3. The van der Waals surface area contributed by atoms with Gasteiger partial charge in [-0.15, -0.1) is 11.3 Å². The Morgan fingerprint density at radius 1 is 1.50 bits per heavy atom. The molecule has 0 bridgehead atoms. The molecule has 2 aromatic heterocycles. The first-order valence-corrected chi connectivity index (χ1v) is 7.18. The molecule has 0 aliphatic carbocycles. The van der Waals surface area contributed by atoms with Crippen LogP contribution in [0.1, 0.15) is 27.9 Å². The Kier molecular flexibility index (Phi) is 4.68. The summed E-state index contributed by atoms with van der Waals surface area (Å²) in [5.74, 6) is -0.359. The van der Waals surface area contributed by atoms with E-state index >= 15 is 0 Å². The van der Waals surface area contributed by atoms with Crippen LogP contribution in [-0.2, 0) is 11.3 Å².